The highest BCUT2D eigenvalue weighted by Crippen LogP contribution is 2.49. The molecular weight excluding hydrogens is 384 g/mol. The predicted octanol–water partition coefficient (Wildman–Crippen LogP) is 4.42. The average molecular weight is 404 g/mol. The minimum absolute atomic E-state index is 0.210. The van der Waals surface area contributed by atoms with Crippen molar-refractivity contribution in [2.45, 2.75) is 26.0 Å². The molecule has 0 bridgehead atoms. The number of rotatable bonds is 3. The van der Waals surface area contributed by atoms with Crippen molar-refractivity contribution in [2.75, 3.05) is 9.96 Å². The summed E-state index contributed by atoms with van der Waals surface area (Å²) in [6.07, 6.45) is -0.824. The van der Waals surface area contributed by atoms with Crippen molar-refractivity contribution in [3.8, 4) is 0 Å². The lowest BCUT2D eigenvalue weighted by Gasteiger charge is -2.28. The first kappa shape index (κ1) is 18.1. The Morgan fingerprint density at radius 2 is 1.66 bits per heavy atom. The summed E-state index contributed by atoms with van der Waals surface area (Å²) in [4.78, 5) is 35.1. The van der Waals surface area contributed by atoms with Gasteiger partial charge in [-0.2, -0.15) is 0 Å². The largest absolute Gasteiger partial charge is 0.273 e. The lowest BCUT2D eigenvalue weighted by atomic mass is 9.95. The van der Waals surface area contributed by atoms with Gasteiger partial charge in [0.25, 0.3) is 5.91 Å². The number of imide groups is 1. The summed E-state index contributed by atoms with van der Waals surface area (Å²) in [5.41, 5.74) is 3.58. The van der Waals surface area contributed by atoms with E-state index in [0.717, 1.165) is 21.7 Å². The van der Waals surface area contributed by atoms with E-state index in [1.54, 1.807) is 16.4 Å². The van der Waals surface area contributed by atoms with Gasteiger partial charge in [0.2, 0.25) is 5.91 Å². The van der Waals surface area contributed by atoms with Crippen LogP contribution in [0.15, 0.2) is 66.0 Å². The molecule has 2 amide bonds. The number of aryl methyl sites for hydroxylation is 2. The number of hydrogen-bond acceptors (Lipinski definition) is 5. The summed E-state index contributed by atoms with van der Waals surface area (Å²) in [5.74, 6) is -1.10. The topological polar surface area (TPSA) is 49.9 Å². The van der Waals surface area contributed by atoms with Crippen LogP contribution in [0.5, 0.6) is 0 Å². The van der Waals surface area contributed by atoms with Gasteiger partial charge in [0, 0.05) is 4.88 Å². The molecule has 2 saturated heterocycles. The highest BCUT2D eigenvalue weighted by molar-refractivity contribution is 7.10. The van der Waals surface area contributed by atoms with Gasteiger partial charge in [0.1, 0.15) is 12.0 Å². The lowest BCUT2D eigenvalue weighted by Crippen LogP contribution is -2.37. The van der Waals surface area contributed by atoms with E-state index in [1.165, 1.54) is 4.90 Å². The second kappa shape index (κ2) is 6.83. The van der Waals surface area contributed by atoms with E-state index in [1.807, 2.05) is 79.9 Å². The zero-order chi connectivity index (χ0) is 20.1. The van der Waals surface area contributed by atoms with E-state index in [4.69, 9.17) is 4.84 Å². The molecule has 0 N–H and O–H groups in total. The Hall–Kier alpha value is -2.96. The van der Waals surface area contributed by atoms with Crippen molar-refractivity contribution in [1.82, 2.24) is 0 Å². The fraction of sp³-hybridized carbons (Fsp3) is 0.217. The maximum atomic E-state index is 13.5. The molecule has 5 rings (SSSR count). The van der Waals surface area contributed by atoms with Crippen LogP contribution in [-0.2, 0) is 14.4 Å². The molecule has 1 aromatic heterocycles. The molecule has 3 aromatic rings. The smallest absolute Gasteiger partial charge is 0.266 e. The first-order valence-electron chi connectivity index (χ1n) is 9.56. The number of thiophene rings is 1. The van der Waals surface area contributed by atoms with Gasteiger partial charge in [0.15, 0.2) is 6.10 Å². The molecule has 29 heavy (non-hydrogen) atoms. The molecule has 2 aromatic carbocycles. The Bertz CT molecular complexity index is 1080. The molecule has 6 heteroatoms. The second-order valence-corrected chi connectivity index (χ2v) is 8.45. The SMILES string of the molecule is Cc1ccc(N2C(=O)C3ON(c4ccccc4C)C(c4cccs4)C3C2=O)cc1. The highest BCUT2D eigenvalue weighted by atomic mass is 32.1. The standard InChI is InChI=1S/C23H20N2O3S/c1-14-9-11-16(12-10-14)24-22(26)19-20(18-8-5-13-29-18)25(28-21(19)23(24)27)17-7-4-3-6-15(17)2/h3-13,19-21H,1-2H3. The minimum Gasteiger partial charge on any atom is -0.273 e. The van der Waals surface area contributed by atoms with Gasteiger partial charge in [-0.05, 0) is 49.1 Å². The molecule has 146 valence electrons. The van der Waals surface area contributed by atoms with Crippen LogP contribution in [0.25, 0.3) is 0 Å². The number of nitrogens with zero attached hydrogens (tertiary/aromatic N) is 2. The van der Waals surface area contributed by atoms with Crippen molar-refractivity contribution >= 4 is 34.5 Å². The van der Waals surface area contributed by atoms with Crippen LogP contribution in [0.2, 0.25) is 0 Å². The van der Waals surface area contributed by atoms with Crippen LogP contribution in [0.4, 0.5) is 11.4 Å². The van der Waals surface area contributed by atoms with Gasteiger partial charge in [-0.25, -0.2) is 9.96 Å². The molecule has 0 saturated carbocycles. The number of hydroxylamine groups is 1. The van der Waals surface area contributed by atoms with Crippen LogP contribution in [0.1, 0.15) is 22.0 Å². The molecule has 5 nitrogen and oxygen atoms in total. The number of carbonyl (C=O) groups is 2. The van der Waals surface area contributed by atoms with E-state index < -0.39 is 12.0 Å². The maximum absolute atomic E-state index is 13.5. The van der Waals surface area contributed by atoms with E-state index >= 15 is 0 Å². The van der Waals surface area contributed by atoms with Gasteiger partial charge in [-0.3, -0.25) is 14.4 Å². The van der Waals surface area contributed by atoms with Gasteiger partial charge in [-0.15, -0.1) is 11.3 Å². The Kier molecular flexibility index (Phi) is 4.26. The third-order valence-corrected chi connectivity index (χ3v) is 6.54. The fourth-order valence-corrected chi connectivity index (χ4v) is 4.98. The molecule has 2 aliphatic heterocycles. The normalized spacial score (nSPS) is 23.7. The Morgan fingerprint density at radius 3 is 2.34 bits per heavy atom. The number of fused-ring (bicyclic) bond motifs is 1. The molecule has 3 unspecified atom stereocenters. The zero-order valence-electron chi connectivity index (χ0n) is 16.1. The monoisotopic (exact) mass is 404 g/mol. The van der Waals surface area contributed by atoms with Crippen molar-refractivity contribution in [2.24, 2.45) is 5.92 Å². The molecule has 2 aliphatic rings. The van der Waals surface area contributed by atoms with E-state index in [9.17, 15) is 9.59 Å². The van der Waals surface area contributed by atoms with Gasteiger partial charge in [-0.1, -0.05) is 42.0 Å². The average Bonchev–Trinajstić information content (AvgIpc) is 3.41. The van der Waals surface area contributed by atoms with Gasteiger partial charge >= 0.3 is 0 Å². The second-order valence-electron chi connectivity index (χ2n) is 7.47. The minimum atomic E-state index is -0.824. The summed E-state index contributed by atoms with van der Waals surface area (Å²) in [7, 11) is 0. The Labute approximate surface area is 173 Å². The van der Waals surface area contributed by atoms with Crippen molar-refractivity contribution < 1.29 is 14.4 Å². The zero-order valence-corrected chi connectivity index (χ0v) is 16.9. The van der Waals surface area contributed by atoms with Gasteiger partial charge in [0.05, 0.1) is 11.4 Å². The fourth-order valence-electron chi connectivity index (χ4n) is 4.13. The molecule has 3 atom stereocenters. The third-order valence-electron chi connectivity index (χ3n) is 5.60. The molecule has 2 fully saturated rings. The highest BCUT2D eigenvalue weighted by Gasteiger charge is 2.60. The quantitative estimate of drug-likeness (QED) is 0.607. The number of benzene rings is 2. The number of para-hydroxylation sites is 1. The lowest BCUT2D eigenvalue weighted by molar-refractivity contribution is -0.126. The predicted molar refractivity (Wildman–Crippen MR) is 113 cm³/mol. The molecule has 0 radical (unpaired) electrons. The summed E-state index contributed by atoms with van der Waals surface area (Å²) < 4.78 is 0. The van der Waals surface area contributed by atoms with Crippen LogP contribution < -0.4 is 9.96 Å². The van der Waals surface area contributed by atoms with Gasteiger partial charge < -0.3 is 0 Å². The van der Waals surface area contributed by atoms with Crippen LogP contribution >= 0.6 is 11.3 Å². The van der Waals surface area contributed by atoms with Crippen molar-refractivity contribution in [3.63, 3.8) is 0 Å². The van der Waals surface area contributed by atoms with Crippen LogP contribution in [-0.4, -0.2) is 17.9 Å². The molecular formula is C23H20N2O3S. The maximum Gasteiger partial charge on any atom is 0.266 e. The van der Waals surface area contributed by atoms with Crippen molar-refractivity contribution in [3.05, 3.63) is 82.0 Å². The van der Waals surface area contributed by atoms with E-state index in [0.29, 0.717) is 5.69 Å². The summed E-state index contributed by atoms with van der Waals surface area (Å²) >= 11 is 1.57. The summed E-state index contributed by atoms with van der Waals surface area (Å²) in [5, 5.41) is 3.75. The number of hydrogen-bond donors (Lipinski definition) is 0. The number of amides is 2. The molecule has 3 heterocycles. The number of carbonyl (C=O) groups excluding carboxylic acids is 2. The summed E-state index contributed by atoms with van der Waals surface area (Å²) in [6.45, 7) is 3.97. The Balaban J connectivity index is 1.58. The van der Waals surface area contributed by atoms with E-state index in [2.05, 4.69) is 0 Å². The third kappa shape index (κ3) is 2.79. The van der Waals surface area contributed by atoms with E-state index in [-0.39, 0.29) is 17.9 Å². The first-order valence-corrected chi connectivity index (χ1v) is 10.4. The molecule has 0 spiro atoms. The van der Waals surface area contributed by atoms with Crippen LogP contribution in [0.3, 0.4) is 0 Å². The Morgan fingerprint density at radius 1 is 0.897 bits per heavy atom. The molecule has 0 aliphatic carbocycles. The van der Waals surface area contributed by atoms with Crippen LogP contribution in [0, 0.1) is 19.8 Å². The first-order chi connectivity index (χ1) is 14.1. The number of anilines is 2. The van der Waals surface area contributed by atoms with Crippen molar-refractivity contribution in [1.29, 1.82) is 0 Å². The summed E-state index contributed by atoms with van der Waals surface area (Å²) in [6, 6.07) is 18.9.